The topological polar surface area (TPSA) is 51.2 Å². The Hall–Kier alpha value is -1.73. The molecule has 8 heteroatoms. The molecule has 0 saturated heterocycles. The van der Waals surface area contributed by atoms with Crippen LogP contribution in [0.5, 0.6) is 0 Å². The summed E-state index contributed by atoms with van der Waals surface area (Å²) in [7, 11) is 1.24. The van der Waals surface area contributed by atoms with E-state index in [2.05, 4.69) is 15.0 Å². The molecule has 0 aliphatic rings. The van der Waals surface area contributed by atoms with E-state index < -0.39 is 23.6 Å². The molecule has 1 aromatic heterocycles. The predicted octanol–water partition coefficient (Wildman–Crippen LogP) is 4.42. The summed E-state index contributed by atoms with van der Waals surface area (Å²) in [5.74, 6) is -1.64. The Balaban J connectivity index is 2.27. The lowest BCUT2D eigenvalue weighted by atomic mass is 10.0. The van der Waals surface area contributed by atoms with Gasteiger partial charge < -0.3 is 10.1 Å². The maximum absolute atomic E-state index is 13.9. The van der Waals surface area contributed by atoms with Gasteiger partial charge in [-0.05, 0) is 24.6 Å². The van der Waals surface area contributed by atoms with Crippen molar-refractivity contribution in [3.63, 3.8) is 0 Å². The number of thiazole rings is 1. The zero-order chi connectivity index (χ0) is 16.3. The number of hydrogen-bond donors (Lipinski definition) is 1. The molecule has 4 nitrogen and oxygen atoms in total. The summed E-state index contributed by atoms with van der Waals surface area (Å²) < 4.78 is 31.8. The summed E-state index contributed by atoms with van der Waals surface area (Å²) >= 11 is 6.87. The third kappa shape index (κ3) is 3.53. The van der Waals surface area contributed by atoms with Gasteiger partial charge in [0.15, 0.2) is 15.2 Å². The van der Waals surface area contributed by atoms with E-state index in [1.54, 1.807) is 0 Å². The largest absolute Gasteiger partial charge is 0.465 e. The molecule has 22 heavy (non-hydrogen) atoms. The van der Waals surface area contributed by atoms with E-state index >= 15 is 0 Å². The molecule has 1 unspecified atom stereocenters. The summed E-state index contributed by atoms with van der Waals surface area (Å²) in [4.78, 5) is 15.7. The lowest BCUT2D eigenvalue weighted by molar-refractivity contribution is 0.0606. The van der Waals surface area contributed by atoms with Crippen LogP contribution < -0.4 is 5.32 Å². The Labute approximate surface area is 135 Å². The van der Waals surface area contributed by atoms with E-state index in [4.69, 9.17) is 11.6 Å². The maximum atomic E-state index is 13.9. The number of rotatable bonds is 5. The second kappa shape index (κ2) is 7.02. The Morgan fingerprint density at radius 2 is 2.23 bits per heavy atom. The lowest BCUT2D eigenvalue weighted by Gasteiger charge is -2.17. The van der Waals surface area contributed by atoms with Gasteiger partial charge >= 0.3 is 5.97 Å². The number of esters is 1. The van der Waals surface area contributed by atoms with E-state index in [1.165, 1.54) is 7.11 Å². The van der Waals surface area contributed by atoms with Crippen LogP contribution in [-0.4, -0.2) is 18.1 Å². The van der Waals surface area contributed by atoms with Crippen molar-refractivity contribution in [3.05, 3.63) is 45.4 Å². The first-order valence-corrected chi connectivity index (χ1v) is 7.61. The molecular weight excluding hydrogens is 334 g/mol. The van der Waals surface area contributed by atoms with Crippen molar-refractivity contribution < 1.29 is 18.3 Å². The van der Waals surface area contributed by atoms with Crippen LogP contribution in [0.2, 0.25) is 5.15 Å². The molecule has 1 N–H and O–H groups in total. The fourth-order valence-electron chi connectivity index (χ4n) is 1.91. The molecular formula is C14H13ClF2N2O2S. The van der Waals surface area contributed by atoms with Gasteiger partial charge in [0.1, 0.15) is 11.6 Å². The number of anilines is 1. The van der Waals surface area contributed by atoms with Gasteiger partial charge in [-0.1, -0.05) is 29.9 Å². The number of methoxy groups -OCH3 is 1. The number of halogens is 3. The molecule has 118 valence electrons. The van der Waals surface area contributed by atoms with Crippen LogP contribution in [-0.2, 0) is 4.74 Å². The van der Waals surface area contributed by atoms with Crippen molar-refractivity contribution in [2.75, 3.05) is 12.4 Å². The molecule has 1 aromatic carbocycles. The van der Waals surface area contributed by atoms with Crippen LogP contribution in [0.25, 0.3) is 0 Å². The van der Waals surface area contributed by atoms with Gasteiger partial charge in [0.2, 0.25) is 0 Å². The Morgan fingerprint density at radius 3 is 2.86 bits per heavy atom. The summed E-state index contributed by atoms with van der Waals surface area (Å²) in [6.45, 7) is 1.82. The zero-order valence-corrected chi connectivity index (χ0v) is 13.4. The van der Waals surface area contributed by atoms with E-state index in [1.807, 2.05) is 6.92 Å². The average molecular weight is 347 g/mol. The first kappa shape index (κ1) is 16.6. The van der Waals surface area contributed by atoms with Gasteiger partial charge in [-0.3, -0.25) is 0 Å². The highest BCUT2D eigenvalue weighted by molar-refractivity contribution is 7.18. The fraction of sp³-hybridized carbons (Fsp3) is 0.286. The van der Waals surface area contributed by atoms with Crippen LogP contribution in [0.4, 0.5) is 13.9 Å². The fourth-order valence-corrected chi connectivity index (χ4v) is 3.07. The first-order chi connectivity index (χ1) is 10.5. The predicted molar refractivity (Wildman–Crippen MR) is 81.5 cm³/mol. The van der Waals surface area contributed by atoms with Crippen LogP contribution in [0, 0.1) is 11.6 Å². The molecule has 2 rings (SSSR count). The molecule has 0 aliphatic carbocycles. The van der Waals surface area contributed by atoms with Crippen molar-refractivity contribution >= 4 is 34.0 Å². The maximum Gasteiger partial charge on any atom is 0.351 e. The second-order valence-electron chi connectivity index (χ2n) is 4.40. The van der Waals surface area contributed by atoms with Gasteiger partial charge in [-0.2, -0.15) is 0 Å². The van der Waals surface area contributed by atoms with Crippen molar-refractivity contribution in [1.29, 1.82) is 0 Å². The van der Waals surface area contributed by atoms with E-state index in [0.29, 0.717) is 11.6 Å². The second-order valence-corrected chi connectivity index (χ2v) is 5.76. The summed E-state index contributed by atoms with van der Waals surface area (Å²) in [6.07, 6.45) is 0.491. The van der Waals surface area contributed by atoms with E-state index in [0.717, 1.165) is 29.5 Å². The number of carbonyl (C=O) groups is 1. The highest BCUT2D eigenvalue weighted by Gasteiger charge is 2.21. The molecule has 0 aliphatic heterocycles. The number of ether oxygens (including phenoxy) is 1. The standard InChI is InChI=1S/C14H13ClF2N2O2S/c1-3-10(8-6-7(16)4-5-9(8)17)18-14-19-12(15)11(22-14)13(20)21-2/h4-6,10H,3H2,1-2H3,(H,18,19). The highest BCUT2D eigenvalue weighted by atomic mass is 35.5. The monoisotopic (exact) mass is 346 g/mol. The molecule has 0 saturated carbocycles. The molecule has 2 aromatic rings. The van der Waals surface area contributed by atoms with Crippen molar-refractivity contribution in [1.82, 2.24) is 4.98 Å². The Bertz CT molecular complexity index is 693. The smallest absolute Gasteiger partial charge is 0.351 e. The Morgan fingerprint density at radius 1 is 1.50 bits per heavy atom. The number of hydrogen-bond acceptors (Lipinski definition) is 5. The van der Waals surface area contributed by atoms with Gasteiger partial charge in [0.25, 0.3) is 0 Å². The summed E-state index contributed by atoms with van der Waals surface area (Å²) in [5, 5.41) is 3.30. The van der Waals surface area contributed by atoms with E-state index in [-0.39, 0.29) is 15.6 Å². The molecule has 1 heterocycles. The molecule has 0 amide bonds. The number of nitrogens with zero attached hydrogens (tertiary/aromatic N) is 1. The molecule has 0 spiro atoms. The van der Waals surface area contributed by atoms with Gasteiger partial charge in [0.05, 0.1) is 13.2 Å². The van der Waals surface area contributed by atoms with Crippen LogP contribution in [0.15, 0.2) is 18.2 Å². The van der Waals surface area contributed by atoms with Crippen LogP contribution in [0.3, 0.4) is 0 Å². The van der Waals surface area contributed by atoms with Gasteiger partial charge in [-0.25, -0.2) is 18.6 Å². The number of carbonyl (C=O) groups excluding carboxylic acids is 1. The molecule has 0 bridgehead atoms. The molecule has 1 atom stereocenters. The minimum atomic E-state index is -0.597. The third-order valence-electron chi connectivity index (χ3n) is 3.00. The molecule has 0 fully saturated rings. The van der Waals surface area contributed by atoms with Crippen molar-refractivity contribution in [2.24, 2.45) is 0 Å². The van der Waals surface area contributed by atoms with Crippen molar-refractivity contribution in [3.8, 4) is 0 Å². The average Bonchev–Trinajstić information content (AvgIpc) is 2.87. The quantitative estimate of drug-likeness (QED) is 0.814. The third-order valence-corrected chi connectivity index (χ3v) is 4.35. The van der Waals surface area contributed by atoms with Crippen LogP contribution >= 0.6 is 22.9 Å². The summed E-state index contributed by atoms with van der Waals surface area (Å²) in [6, 6.07) is 2.76. The van der Waals surface area contributed by atoms with Gasteiger partial charge in [0, 0.05) is 5.56 Å². The van der Waals surface area contributed by atoms with E-state index in [9.17, 15) is 13.6 Å². The molecule has 0 radical (unpaired) electrons. The SMILES string of the molecule is CCC(Nc1nc(Cl)c(C(=O)OC)s1)c1cc(F)ccc1F. The highest BCUT2D eigenvalue weighted by Crippen LogP contribution is 2.32. The minimum Gasteiger partial charge on any atom is -0.465 e. The van der Waals surface area contributed by atoms with Gasteiger partial charge in [-0.15, -0.1) is 0 Å². The first-order valence-electron chi connectivity index (χ1n) is 6.42. The number of nitrogens with one attached hydrogen (secondary N) is 1. The Kier molecular flexibility index (Phi) is 5.31. The summed E-state index contributed by atoms with van der Waals surface area (Å²) in [5.41, 5.74) is 0.188. The van der Waals surface area contributed by atoms with Crippen molar-refractivity contribution in [2.45, 2.75) is 19.4 Å². The normalized spacial score (nSPS) is 12.0. The van der Waals surface area contributed by atoms with Crippen LogP contribution in [0.1, 0.15) is 34.6 Å². The lowest BCUT2D eigenvalue weighted by Crippen LogP contribution is -2.11. The number of benzene rings is 1. The minimum absolute atomic E-state index is 0.00826. The zero-order valence-electron chi connectivity index (χ0n) is 11.8. The number of aromatic nitrogens is 1.